The standard InChI is InChI=1S/C14H13N3O5.Na/c1-8-4-3-5-13(18)14(8)15-10-6-9(2)11(16(19)20)7-12(10)17(21)22;/h3-7,15,18H,1-2H3;/q;+1/p-1. The van der Waals surface area contributed by atoms with Crippen LogP contribution in [-0.2, 0) is 0 Å². The van der Waals surface area contributed by atoms with Crippen LogP contribution >= 0.6 is 0 Å². The Balaban J connectivity index is 0.00000264. The van der Waals surface area contributed by atoms with Crippen molar-refractivity contribution in [3.8, 4) is 5.75 Å². The predicted molar refractivity (Wildman–Crippen MR) is 78.4 cm³/mol. The van der Waals surface area contributed by atoms with Crippen LogP contribution in [0.25, 0.3) is 0 Å². The van der Waals surface area contributed by atoms with Crippen molar-refractivity contribution in [3.63, 3.8) is 0 Å². The van der Waals surface area contributed by atoms with E-state index in [1.807, 2.05) is 0 Å². The summed E-state index contributed by atoms with van der Waals surface area (Å²) in [6.45, 7) is 3.16. The van der Waals surface area contributed by atoms with Crippen LogP contribution < -0.4 is 40.0 Å². The fraction of sp³-hybridized carbons (Fsp3) is 0.143. The molecule has 114 valence electrons. The summed E-state index contributed by atoms with van der Waals surface area (Å²) in [7, 11) is 0. The van der Waals surface area contributed by atoms with E-state index in [9.17, 15) is 25.3 Å². The van der Waals surface area contributed by atoms with Gasteiger partial charge in [0.05, 0.1) is 15.9 Å². The third kappa shape index (κ3) is 3.98. The fourth-order valence-corrected chi connectivity index (χ4v) is 2.07. The summed E-state index contributed by atoms with van der Waals surface area (Å²) in [5.41, 5.74) is 0.333. The van der Waals surface area contributed by atoms with Crippen molar-refractivity contribution in [2.75, 3.05) is 5.32 Å². The van der Waals surface area contributed by atoms with Gasteiger partial charge in [-0.3, -0.25) is 20.2 Å². The van der Waals surface area contributed by atoms with E-state index in [0.29, 0.717) is 5.56 Å². The van der Waals surface area contributed by atoms with Gasteiger partial charge >= 0.3 is 29.6 Å². The zero-order valence-corrected chi connectivity index (χ0v) is 14.8. The molecule has 0 unspecified atom stereocenters. The number of hydrogen-bond acceptors (Lipinski definition) is 6. The molecule has 0 fully saturated rings. The molecule has 0 aliphatic rings. The molecule has 0 saturated heterocycles. The quantitative estimate of drug-likeness (QED) is 0.477. The molecule has 0 spiro atoms. The molecule has 2 aromatic rings. The number of hydrogen-bond donors (Lipinski definition) is 1. The number of nitro benzene ring substituents is 2. The molecule has 2 rings (SSSR count). The van der Waals surface area contributed by atoms with Crippen molar-refractivity contribution >= 4 is 22.7 Å². The Morgan fingerprint density at radius 1 is 0.957 bits per heavy atom. The molecular weight excluding hydrogens is 313 g/mol. The second-order valence-electron chi connectivity index (χ2n) is 4.74. The molecule has 0 amide bonds. The second kappa shape index (κ2) is 7.40. The van der Waals surface area contributed by atoms with Crippen LogP contribution in [0.1, 0.15) is 11.1 Å². The van der Waals surface area contributed by atoms with E-state index in [0.717, 1.165) is 6.07 Å². The van der Waals surface area contributed by atoms with E-state index >= 15 is 0 Å². The van der Waals surface area contributed by atoms with Gasteiger partial charge in [-0.2, -0.15) is 0 Å². The topological polar surface area (TPSA) is 121 Å². The van der Waals surface area contributed by atoms with Crippen molar-refractivity contribution < 1.29 is 44.5 Å². The molecule has 2 aromatic carbocycles. The van der Waals surface area contributed by atoms with E-state index < -0.39 is 15.5 Å². The largest absolute Gasteiger partial charge is 1.00 e. The van der Waals surface area contributed by atoms with E-state index in [1.165, 1.54) is 19.1 Å². The molecule has 0 radical (unpaired) electrons. The smallest absolute Gasteiger partial charge is 0.871 e. The summed E-state index contributed by atoms with van der Waals surface area (Å²) in [5, 5.41) is 36.6. The van der Waals surface area contributed by atoms with Crippen molar-refractivity contribution in [1.82, 2.24) is 0 Å². The zero-order valence-electron chi connectivity index (χ0n) is 12.8. The van der Waals surface area contributed by atoms with E-state index in [-0.39, 0.29) is 57.9 Å². The fourth-order valence-electron chi connectivity index (χ4n) is 2.07. The second-order valence-corrected chi connectivity index (χ2v) is 4.74. The number of rotatable bonds is 4. The monoisotopic (exact) mass is 325 g/mol. The minimum absolute atomic E-state index is 0. The number of aryl methyl sites for hydroxylation is 2. The van der Waals surface area contributed by atoms with Crippen LogP contribution in [0.5, 0.6) is 5.75 Å². The van der Waals surface area contributed by atoms with Gasteiger partial charge in [-0.25, -0.2) is 0 Å². The van der Waals surface area contributed by atoms with Gasteiger partial charge in [0.25, 0.3) is 11.4 Å². The molecule has 0 saturated carbocycles. The summed E-state index contributed by atoms with van der Waals surface area (Å²) >= 11 is 0. The van der Waals surface area contributed by atoms with E-state index in [2.05, 4.69) is 5.32 Å². The summed E-state index contributed by atoms with van der Waals surface area (Å²) in [6, 6.07) is 6.79. The number of anilines is 2. The normalized spacial score (nSPS) is 9.83. The molecule has 0 aliphatic heterocycles. The third-order valence-corrected chi connectivity index (χ3v) is 3.20. The Bertz CT molecular complexity index is 759. The van der Waals surface area contributed by atoms with Crippen LogP contribution in [0.3, 0.4) is 0 Å². The summed E-state index contributed by atoms with van der Waals surface area (Å²) in [5.74, 6) is -0.315. The predicted octanol–water partition coefficient (Wildman–Crippen LogP) is -0.0590. The van der Waals surface area contributed by atoms with Gasteiger partial charge in [0.15, 0.2) is 0 Å². The molecule has 0 bridgehead atoms. The number of nitro groups is 2. The average Bonchev–Trinajstić information content (AvgIpc) is 2.42. The van der Waals surface area contributed by atoms with Crippen LogP contribution in [0.15, 0.2) is 30.3 Å². The first-order valence-electron chi connectivity index (χ1n) is 6.28. The number of nitrogens with zero attached hydrogens (tertiary/aromatic N) is 2. The van der Waals surface area contributed by atoms with Crippen molar-refractivity contribution in [2.24, 2.45) is 0 Å². The van der Waals surface area contributed by atoms with Gasteiger partial charge in [0, 0.05) is 11.3 Å². The first-order chi connectivity index (χ1) is 10.3. The molecule has 0 heterocycles. The van der Waals surface area contributed by atoms with Crippen LogP contribution in [0.2, 0.25) is 0 Å². The molecular formula is C14H12N3NaO5. The van der Waals surface area contributed by atoms with Crippen molar-refractivity contribution in [1.29, 1.82) is 0 Å². The first kappa shape index (κ1) is 18.9. The van der Waals surface area contributed by atoms with Crippen molar-refractivity contribution in [3.05, 3.63) is 61.7 Å². The van der Waals surface area contributed by atoms with Gasteiger partial charge in [-0.05, 0) is 25.5 Å². The summed E-state index contributed by atoms with van der Waals surface area (Å²) in [4.78, 5) is 20.6. The Hall–Kier alpha value is -2.16. The summed E-state index contributed by atoms with van der Waals surface area (Å²) < 4.78 is 0. The minimum atomic E-state index is -0.725. The first-order valence-corrected chi connectivity index (χ1v) is 6.28. The van der Waals surface area contributed by atoms with Crippen LogP contribution in [-0.4, -0.2) is 9.85 Å². The molecule has 1 N–H and O–H groups in total. The van der Waals surface area contributed by atoms with Crippen LogP contribution in [0.4, 0.5) is 22.7 Å². The molecule has 23 heavy (non-hydrogen) atoms. The Kier molecular flexibility index (Phi) is 6.08. The number of nitrogens with one attached hydrogen (secondary N) is 1. The van der Waals surface area contributed by atoms with Crippen LogP contribution in [0, 0.1) is 34.1 Å². The SMILES string of the molecule is Cc1cc(Nc2c(C)cccc2[O-])c([N+](=O)[O-])cc1[N+](=O)[O-].[Na+]. The van der Waals surface area contributed by atoms with Gasteiger partial charge < -0.3 is 10.4 Å². The molecule has 0 aromatic heterocycles. The molecule has 9 heteroatoms. The van der Waals surface area contributed by atoms with Gasteiger partial charge in [-0.15, -0.1) is 0 Å². The molecule has 0 aliphatic carbocycles. The maximum atomic E-state index is 11.8. The maximum Gasteiger partial charge on any atom is 1.00 e. The average molecular weight is 325 g/mol. The summed E-state index contributed by atoms with van der Waals surface area (Å²) in [6.07, 6.45) is 0. The number of para-hydroxylation sites is 1. The zero-order chi connectivity index (χ0) is 16.4. The Morgan fingerprint density at radius 3 is 2.09 bits per heavy atom. The molecule has 0 atom stereocenters. The van der Waals surface area contributed by atoms with Gasteiger partial charge in [0.2, 0.25) is 0 Å². The van der Waals surface area contributed by atoms with Gasteiger partial charge in [0.1, 0.15) is 5.69 Å². The molecule has 8 nitrogen and oxygen atoms in total. The third-order valence-electron chi connectivity index (χ3n) is 3.20. The Labute approximate surface area is 153 Å². The number of benzene rings is 2. The Morgan fingerprint density at radius 2 is 1.57 bits per heavy atom. The van der Waals surface area contributed by atoms with Crippen molar-refractivity contribution in [2.45, 2.75) is 13.8 Å². The maximum absolute atomic E-state index is 11.8. The minimum Gasteiger partial charge on any atom is -0.871 e. The van der Waals surface area contributed by atoms with Gasteiger partial charge in [-0.1, -0.05) is 23.9 Å². The van der Waals surface area contributed by atoms with E-state index in [1.54, 1.807) is 19.1 Å². The van der Waals surface area contributed by atoms with E-state index in [4.69, 9.17) is 0 Å².